The van der Waals surface area contributed by atoms with Crippen LogP contribution in [-0.2, 0) is 0 Å². The summed E-state index contributed by atoms with van der Waals surface area (Å²) >= 11 is 0. The summed E-state index contributed by atoms with van der Waals surface area (Å²) in [6, 6.07) is 0.950. The van der Waals surface area contributed by atoms with Crippen molar-refractivity contribution in [2.75, 3.05) is 19.6 Å². The highest BCUT2D eigenvalue weighted by Crippen LogP contribution is 2.37. The zero-order valence-electron chi connectivity index (χ0n) is 10.9. The van der Waals surface area contributed by atoms with Gasteiger partial charge in [-0.25, -0.2) is 8.78 Å². The Labute approximate surface area is 103 Å². The molecule has 0 aromatic carbocycles. The second-order valence-corrected chi connectivity index (χ2v) is 6.01. The molecular weight excluding hydrogens is 222 g/mol. The minimum atomic E-state index is -2.41. The van der Waals surface area contributed by atoms with E-state index < -0.39 is 5.92 Å². The van der Waals surface area contributed by atoms with Gasteiger partial charge in [-0.3, -0.25) is 4.90 Å². The molecule has 2 fully saturated rings. The first-order valence-electron chi connectivity index (χ1n) is 6.81. The molecule has 1 N–H and O–H groups in total. The number of hydrogen-bond acceptors (Lipinski definition) is 2. The number of nitrogens with zero attached hydrogens (tertiary/aromatic N) is 1. The van der Waals surface area contributed by atoms with Crippen LogP contribution >= 0.6 is 0 Å². The Kier molecular flexibility index (Phi) is 4.03. The van der Waals surface area contributed by atoms with Crippen LogP contribution in [0.2, 0.25) is 0 Å². The van der Waals surface area contributed by atoms with Crippen molar-refractivity contribution in [1.29, 1.82) is 0 Å². The number of hydrogen-bond donors (Lipinski definition) is 1. The van der Waals surface area contributed by atoms with E-state index in [-0.39, 0.29) is 18.8 Å². The van der Waals surface area contributed by atoms with E-state index in [0.29, 0.717) is 18.5 Å². The lowest BCUT2D eigenvalue weighted by Gasteiger charge is -2.39. The maximum atomic E-state index is 13.3. The van der Waals surface area contributed by atoms with Gasteiger partial charge >= 0.3 is 0 Å². The Morgan fingerprint density at radius 1 is 1.24 bits per heavy atom. The van der Waals surface area contributed by atoms with Crippen molar-refractivity contribution >= 4 is 0 Å². The third kappa shape index (κ3) is 3.88. The van der Waals surface area contributed by atoms with E-state index in [1.165, 1.54) is 0 Å². The summed E-state index contributed by atoms with van der Waals surface area (Å²) in [6.45, 7) is 7.17. The molecule has 0 spiro atoms. The van der Waals surface area contributed by atoms with Crippen molar-refractivity contribution in [2.24, 2.45) is 5.92 Å². The molecule has 0 amide bonds. The van der Waals surface area contributed by atoms with Crippen molar-refractivity contribution in [3.63, 3.8) is 0 Å². The normalized spacial score (nSPS) is 39.2. The first-order valence-corrected chi connectivity index (χ1v) is 6.81. The van der Waals surface area contributed by atoms with Gasteiger partial charge in [-0.1, -0.05) is 0 Å². The fraction of sp³-hybridized carbons (Fsp3) is 1.00. The predicted molar refractivity (Wildman–Crippen MR) is 65.4 cm³/mol. The van der Waals surface area contributed by atoms with Crippen LogP contribution in [0.1, 0.15) is 39.5 Å². The molecule has 0 bridgehead atoms. The van der Waals surface area contributed by atoms with Gasteiger partial charge in [0, 0.05) is 44.6 Å². The quantitative estimate of drug-likeness (QED) is 0.805. The monoisotopic (exact) mass is 246 g/mol. The van der Waals surface area contributed by atoms with E-state index in [0.717, 1.165) is 26.1 Å². The second kappa shape index (κ2) is 5.19. The lowest BCUT2D eigenvalue weighted by molar-refractivity contribution is -0.0581. The number of alkyl halides is 2. The Morgan fingerprint density at radius 2 is 1.88 bits per heavy atom. The summed E-state index contributed by atoms with van der Waals surface area (Å²) in [7, 11) is 0. The fourth-order valence-electron chi connectivity index (χ4n) is 3.39. The summed E-state index contributed by atoms with van der Waals surface area (Å²) in [6.07, 6.45) is 1.86. The molecule has 1 heterocycles. The SMILES string of the molecule is CC1CN(CC2CCCC(F)(F)C2)CC(C)N1. The largest absolute Gasteiger partial charge is 0.309 e. The van der Waals surface area contributed by atoms with Gasteiger partial charge in [0.1, 0.15) is 0 Å². The fourth-order valence-corrected chi connectivity index (χ4v) is 3.39. The number of nitrogens with one attached hydrogen (secondary N) is 1. The van der Waals surface area contributed by atoms with Crippen LogP contribution in [-0.4, -0.2) is 42.5 Å². The third-order valence-electron chi connectivity index (χ3n) is 3.89. The molecule has 0 aromatic heterocycles. The standard InChI is InChI=1S/C13H24F2N2/c1-10-7-17(8-11(2)16-10)9-12-4-3-5-13(14,15)6-12/h10-12,16H,3-9H2,1-2H3. The highest BCUT2D eigenvalue weighted by molar-refractivity contribution is 4.85. The van der Waals surface area contributed by atoms with Gasteiger partial charge < -0.3 is 5.32 Å². The molecule has 17 heavy (non-hydrogen) atoms. The Morgan fingerprint density at radius 3 is 2.47 bits per heavy atom. The predicted octanol–water partition coefficient (Wildman–Crippen LogP) is 2.49. The van der Waals surface area contributed by atoms with Gasteiger partial charge in [0.15, 0.2) is 0 Å². The molecule has 2 nitrogen and oxygen atoms in total. The highest BCUT2D eigenvalue weighted by atomic mass is 19.3. The van der Waals surface area contributed by atoms with Gasteiger partial charge in [0.2, 0.25) is 5.92 Å². The van der Waals surface area contributed by atoms with Crippen LogP contribution in [0.5, 0.6) is 0 Å². The molecular formula is C13H24F2N2. The summed E-state index contributed by atoms with van der Waals surface area (Å²) < 4.78 is 26.7. The van der Waals surface area contributed by atoms with E-state index in [2.05, 4.69) is 24.1 Å². The topological polar surface area (TPSA) is 15.3 Å². The minimum Gasteiger partial charge on any atom is -0.309 e. The molecule has 1 saturated carbocycles. The molecule has 0 aromatic rings. The van der Waals surface area contributed by atoms with E-state index in [1.807, 2.05) is 0 Å². The molecule has 4 heteroatoms. The molecule has 1 aliphatic carbocycles. The van der Waals surface area contributed by atoms with Crippen molar-refractivity contribution in [2.45, 2.75) is 57.5 Å². The van der Waals surface area contributed by atoms with Crippen LogP contribution in [0.3, 0.4) is 0 Å². The van der Waals surface area contributed by atoms with Crippen LogP contribution in [0.25, 0.3) is 0 Å². The minimum absolute atomic E-state index is 0.0951. The lowest BCUT2D eigenvalue weighted by atomic mass is 9.86. The van der Waals surface area contributed by atoms with E-state index >= 15 is 0 Å². The van der Waals surface area contributed by atoms with E-state index in [1.54, 1.807) is 0 Å². The van der Waals surface area contributed by atoms with Crippen molar-refractivity contribution < 1.29 is 8.78 Å². The van der Waals surface area contributed by atoms with Gasteiger partial charge in [-0.05, 0) is 32.6 Å². The molecule has 0 radical (unpaired) electrons. The van der Waals surface area contributed by atoms with Gasteiger partial charge in [-0.15, -0.1) is 0 Å². The third-order valence-corrected chi connectivity index (χ3v) is 3.89. The molecule has 100 valence electrons. The Hall–Kier alpha value is -0.220. The number of piperazine rings is 1. The molecule has 3 unspecified atom stereocenters. The van der Waals surface area contributed by atoms with Crippen LogP contribution in [0, 0.1) is 5.92 Å². The van der Waals surface area contributed by atoms with E-state index in [9.17, 15) is 8.78 Å². The van der Waals surface area contributed by atoms with Crippen molar-refractivity contribution in [1.82, 2.24) is 10.2 Å². The first kappa shape index (κ1) is 13.2. The molecule has 1 aliphatic heterocycles. The second-order valence-electron chi connectivity index (χ2n) is 6.01. The zero-order chi connectivity index (χ0) is 12.5. The number of rotatable bonds is 2. The van der Waals surface area contributed by atoms with Crippen LogP contribution in [0.15, 0.2) is 0 Å². The lowest BCUT2D eigenvalue weighted by Crippen LogP contribution is -2.55. The van der Waals surface area contributed by atoms with Crippen molar-refractivity contribution in [3.8, 4) is 0 Å². The zero-order valence-corrected chi connectivity index (χ0v) is 10.9. The van der Waals surface area contributed by atoms with Crippen molar-refractivity contribution in [3.05, 3.63) is 0 Å². The Bertz CT molecular complexity index is 248. The molecule has 1 saturated heterocycles. The average molecular weight is 246 g/mol. The van der Waals surface area contributed by atoms with Gasteiger partial charge in [0.05, 0.1) is 0 Å². The molecule has 2 aliphatic rings. The number of halogens is 2. The summed E-state index contributed by atoms with van der Waals surface area (Å²) in [4.78, 5) is 2.36. The van der Waals surface area contributed by atoms with E-state index in [4.69, 9.17) is 0 Å². The highest BCUT2D eigenvalue weighted by Gasteiger charge is 2.37. The first-order chi connectivity index (χ1) is 7.94. The maximum absolute atomic E-state index is 13.3. The van der Waals surface area contributed by atoms with Gasteiger partial charge in [0.25, 0.3) is 0 Å². The average Bonchev–Trinajstić information content (AvgIpc) is 2.13. The van der Waals surface area contributed by atoms with Crippen LogP contribution in [0.4, 0.5) is 8.78 Å². The summed E-state index contributed by atoms with van der Waals surface area (Å²) in [5, 5.41) is 3.47. The summed E-state index contributed by atoms with van der Waals surface area (Å²) in [5.74, 6) is -2.22. The Balaban J connectivity index is 1.83. The summed E-state index contributed by atoms with van der Waals surface area (Å²) in [5.41, 5.74) is 0. The maximum Gasteiger partial charge on any atom is 0.248 e. The smallest absolute Gasteiger partial charge is 0.248 e. The molecule has 3 atom stereocenters. The van der Waals surface area contributed by atoms with Gasteiger partial charge in [-0.2, -0.15) is 0 Å². The van der Waals surface area contributed by atoms with Crippen LogP contribution < -0.4 is 5.32 Å². The molecule has 2 rings (SSSR count).